The second-order valence-corrected chi connectivity index (χ2v) is 8.70. The number of hydrogen-bond acceptors (Lipinski definition) is 3. The Morgan fingerprint density at radius 1 is 1.04 bits per heavy atom. The first-order chi connectivity index (χ1) is 13.3. The van der Waals surface area contributed by atoms with Crippen molar-refractivity contribution in [2.45, 2.75) is 18.7 Å². The molecule has 0 aliphatic heterocycles. The SMILES string of the molecule is Cc1ccn2cc(-c3cccc(NS(=O)(=O)c4cccc(Cl)c4C)c3)nc2c1. The quantitative estimate of drug-likeness (QED) is 0.509. The van der Waals surface area contributed by atoms with Gasteiger partial charge in [-0.1, -0.05) is 29.8 Å². The lowest BCUT2D eigenvalue weighted by atomic mass is 10.1. The van der Waals surface area contributed by atoms with Crippen molar-refractivity contribution < 1.29 is 8.42 Å². The minimum atomic E-state index is -3.76. The van der Waals surface area contributed by atoms with Crippen LogP contribution in [0.4, 0.5) is 5.69 Å². The van der Waals surface area contributed by atoms with E-state index in [1.165, 1.54) is 6.07 Å². The molecule has 0 aliphatic carbocycles. The summed E-state index contributed by atoms with van der Waals surface area (Å²) in [5.41, 5.74) is 4.54. The van der Waals surface area contributed by atoms with Gasteiger partial charge in [0.2, 0.25) is 0 Å². The summed E-state index contributed by atoms with van der Waals surface area (Å²) in [4.78, 5) is 4.79. The molecule has 0 saturated carbocycles. The number of nitrogens with one attached hydrogen (secondary N) is 1. The number of sulfonamides is 1. The molecular weight excluding hydrogens is 394 g/mol. The topological polar surface area (TPSA) is 63.5 Å². The number of hydrogen-bond donors (Lipinski definition) is 1. The van der Waals surface area contributed by atoms with Gasteiger partial charge in [0.05, 0.1) is 10.6 Å². The molecule has 4 aromatic rings. The van der Waals surface area contributed by atoms with Crippen molar-refractivity contribution in [3.05, 3.63) is 83.1 Å². The second-order valence-electron chi connectivity index (χ2n) is 6.64. The molecule has 0 atom stereocenters. The zero-order chi connectivity index (χ0) is 19.9. The third-order valence-corrected chi connectivity index (χ3v) is 6.47. The second kappa shape index (κ2) is 6.96. The monoisotopic (exact) mass is 411 g/mol. The van der Waals surface area contributed by atoms with E-state index in [2.05, 4.69) is 9.71 Å². The zero-order valence-electron chi connectivity index (χ0n) is 15.3. The summed E-state index contributed by atoms with van der Waals surface area (Å²) >= 11 is 6.08. The van der Waals surface area contributed by atoms with Gasteiger partial charge in [-0.15, -0.1) is 0 Å². The molecule has 142 valence electrons. The molecule has 4 rings (SSSR count). The maximum Gasteiger partial charge on any atom is 0.262 e. The van der Waals surface area contributed by atoms with Gasteiger partial charge in [-0.3, -0.25) is 4.72 Å². The Hall–Kier alpha value is -2.83. The zero-order valence-corrected chi connectivity index (χ0v) is 16.9. The normalized spacial score (nSPS) is 11.7. The van der Waals surface area contributed by atoms with Gasteiger partial charge in [-0.05, 0) is 61.4 Å². The molecule has 5 nitrogen and oxygen atoms in total. The van der Waals surface area contributed by atoms with Crippen molar-refractivity contribution in [3.63, 3.8) is 0 Å². The molecule has 0 aliphatic rings. The predicted molar refractivity (Wildman–Crippen MR) is 112 cm³/mol. The largest absolute Gasteiger partial charge is 0.306 e. The summed E-state index contributed by atoms with van der Waals surface area (Å²) in [6.45, 7) is 3.70. The van der Waals surface area contributed by atoms with E-state index in [0.717, 1.165) is 22.5 Å². The van der Waals surface area contributed by atoms with E-state index in [-0.39, 0.29) is 4.90 Å². The summed E-state index contributed by atoms with van der Waals surface area (Å²) in [6, 6.07) is 16.0. The summed E-state index contributed by atoms with van der Waals surface area (Å²) in [5, 5.41) is 0.414. The fourth-order valence-electron chi connectivity index (χ4n) is 3.05. The van der Waals surface area contributed by atoms with E-state index in [1.807, 2.05) is 41.9 Å². The predicted octanol–water partition coefficient (Wildman–Crippen LogP) is 5.07. The number of rotatable bonds is 4. The highest BCUT2D eigenvalue weighted by molar-refractivity contribution is 7.92. The highest BCUT2D eigenvalue weighted by atomic mass is 35.5. The lowest BCUT2D eigenvalue weighted by molar-refractivity contribution is 0.600. The highest BCUT2D eigenvalue weighted by Gasteiger charge is 2.18. The van der Waals surface area contributed by atoms with Crippen LogP contribution in [0.1, 0.15) is 11.1 Å². The first-order valence-corrected chi connectivity index (χ1v) is 10.5. The smallest absolute Gasteiger partial charge is 0.262 e. The Morgan fingerprint density at radius 2 is 1.82 bits per heavy atom. The van der Waals surface area contributed by atoms with Crippen LogP contribution in [-0.4, -0.2) is 17.8 Å². The number of pyridine rings is 1. The van der Waals surface area contributed by atoms with Crippen LogP contribution in [0.3, 0.4) is 0 Å². The number of benzene rings is 2. The molecule has 0 saturated heterocycles. The minimum absolute atomic E-state index is 0.161. The van der Waals surface area contributed by atoms with Gasteiger partial charge in [0.15, 0.2) is 0 Å². The molecule has 7 heteroatoms. The van der Waals surface area contributed by atoms with Crippen LogP contribution in [0.25, 0.3) is 16.9 Å². The molecule has 0 bridgehead atoms. The maximum absolute atomic E-state index is 12.8. The minimum Gasteiger partial charge on any atom is -0.306 e. The van der Waals surface area contributed by atoms with Gasteiger partial charge in [0.25, 0.3) is 10.0 Å². The van der Waals surface area contributed by atoms with Gasteiger partial charge >= 0.3 is 0 Å². The first kappa shape index (κ1) is 18.5. The Kier molecular flexibility index (Phi) is 4.61. The van der Waals surface area contributed by atoms with Crippen LogP contribution >= 0.6 is 11.6 Å². The van der Waals surface area contributed by atoms with Crippen molar-refractivity contribution in [2.24, 2.45) is 0 Å². The van der Waals surface area contributed by atoms with Crippen molar-refractivity contribution in [3.8, 4) is 11.3 Å². The van der Waals surface area contributed by atoms with Crippen LogP contribution in [0.5, 0.6) is 0 Å². The number of fused-ring (bicyclic) bond motifs is 1. The Balaban J connectivity index is 1.69. The molecule has 0 radical (unpaired) electrons. The molecule has 0 spiro atoms. The fourth-order valence-corrected chi connectivity index (χ4v) is 4.60. The summed E-state index contributed by atoms with van der Waals surface area (Å²) in [7, 11) is -3.76. The number of aromatic nitrogens is 2. The number of halogens is 1. The number of nitrogens with zero attached hydrogens (tertiary/aromatic N) is 2. The van der Waals surface area contributed by atoms with Crippen LogP contribution < -0.4 is 4.72 Å². The summed E-state index contributed by atoms with van der Waals surface area (Å²) in [6.07, 6.45) is 3.87. The van der Waals surface area contributed by atoms with Crippen LogP contribution in [0.2, 0.25) is 5.02 Å². The van der Waals surface area contributed by atoms with Crippen molar-refractivity contribution in [2.75, 3.05) is 4.72 Å². The average molecular weight is 412 g/mol. The van der Waals surface area contributed by atoms with Crippen molar-refractivity contribution in [1.82, 2.24) is 9.38 Å². The number of anilines is 1. The van der Waals surface area contributed by atoms with E-state index in [9.17, 15) is 8.42 Å². The first-order valence-electron chi connectivity index (χ1n) is 8.67. The summed E-state index contributed by atoms with van der Waals surface area (Å²) in [5.74, 6) is 0. The Morgan fingerprint density at radius 3 is 2.64 bits per heavy atom. The van der Waals surface area contributed by atoms with Gasteiger partial charge in [0, 0.05) is 28.7 Å². The van der Waals surface area contributed by atoms with Gasteiger partial charge in [-0.25, -0.2) is 13.4 Å². The van der Waals surface area contributed by atoms with E-state index < -0.39 is 10.0 Å². The van der Waals surface area contributed by atoms with E-state index in [4.69, 9.17) is 11.6 Å². The molecule has 2 heterocycles. The van der Waals surface area contributed by atoms with Gasteiger partial charge in [-0.2, -0.15) is 0 Å². The lowest BCUT2D eigenvalue weighted by Crippen LogP contribution is -2.14. The van der Waals surface area contributed by atoms with E-state index in [0.29, 0.717) is 16.3 Å². The average Bonchev–Trinajstić information content (AvgIpc) is 3.07. The third-order valence-electron chi connectivity index (χ3n) is 4.53. The third kappa shape index (κ3) is 3.48. The van der Waals surface area contributed by atoms with Crippen LogP contribution in [0.15, 0.2) is 71.9 Å². The molecule has 28 heavy (non-hydrogen) atoms. The highest BCUT2D eigenvalue weighted by Crippen LogP contribution is 2.27. The molecule has 2 aromatic carbocycles. The van der Waals surface area contributed by atoms with Crippen LogP contribution in [-0.2, 0) is 10.0 Å². The molecule has 1 N–H and O–H groups in total. The number of imidazole rings is 1. The molecule has 0 unspecified atom stereocenters. The Labute approximate surface area is 168 Å². The molecule has 0 amide bonds. The van der Waals surface area contributed by atoms with E-state index in [1.54, 1.807) is 37.3 Å². The molecule has 0 fully saturated rings. The van der Waals surface area contributed by atoms with E-state index >= 15 is 0 Å². The Bertz CT molecular complexity index is 1300. The summed E-state index contributed by atoms with van der Waals surface area (Å²) < 4.78 is 30.2. The lowest BCUT2D eigenvalue weighted by Gasteiger charge is -2.11. The molecule has 2 aromatic heterocycles. The standard InChI is InChI=1S/C21H18ClN3O2S/c1-14-9-10-25-13-19(23-21(25)11-14)16-5-3-6-17(12-16)24-28(26,27)20-8-4-7-18(22)15(20)2/h3-13,24H,1-2H3. The van der Waals surface area contributed by atoms with Gasteiger partial charge < -0.3 is 4.40 Å². The van der Waals surface area contributed by atoms with Gasteiger partial charge in [0.1, 0.15) is 5.65 Å². The fraction of sp³-hybridized carbons (Fsp3) is 0.0952. The molecular formula is C21H18ClN3O2S. The van der Waals surface area contributed by atoms with Crippen molar-refractivity contribution in [1.29, 1.82) is 0 Å². The van der Waals surface area contributed by atoms with Crippen LogP contribution in [0, 0.1) is 13.8 Å². The maximum atomic E-state index is 12.8. The van der Waals surface area contributed by atoms with Crippen molar-refractivity contribution >= 4 is 33.0 Å². The number of aryl methyl sites for hydroxylation is 1.